The van der Waals surface area contributed by atoms with E-state index in [9.17, 15) is 0 Å². The average molecular weight is 82.1 g/mol. The molecule has 0 saturated heterocycles. The molecule has 0 spiro atoms. The SMILES string of the molecule is [CH2]c1cocn1. The summed E-state index contributed by atoms with van der Waals surface area (Å²) in [7, 11) is 0. The van der Waals surface area contributed by atoms with Crippen molar-refractivity contribution < 1.29 is 4.42 Å². The third-order valence-electron chi connectivity index (χ3n) is 0.483. The van der Waals surface area contributed by atoms with Crippen LogP contribution in [0.4, 0.5) is 0 Å². The largest absolute Gasteiger partial charge is 0.451 e. The molecule has 31 valence electrons. The minimum atomic E-state index is 0.676. The van der Waals surface area contributed by atoms with Gasteiger partial charge in [0.25, 0.3) is 0 Å². The minimum Gasteiger partial charge on any atom is -0.451 e. The fourth-order valence-corrected chi connectivity index (χ4v) is 0.238. The summed E-state index contributed by atoms with van der Waals surface area (Å²) >= 11 is 0. The molecule has 0 fully saturated rings. The Labute approximate surface area is 35.8 Å². The monoisotopic (exact) mass is 82.0 g/mol. The molecule has 0 amide bonds. The van der Waals surface area contributed by atoms with Crippen LogP contribution in [0.15, 0.2) is 17.1 Å². The molecule has 0 N–H and O–H groups in total. The highest BCUT2D eigenvalue weighted by atomic mass is 16.3. The first kappa shape index (κ1) is 3.40. The van der Waals surface area contributed by atoms with Crippen molar-refractivity contribution in [1.29, 1.82) is 0 Å². The highest BCUT2D eigenvalue weighted by Gasteiger charge is 1.77. The van der Waals surface area contributed by atoms with Crippen molar-refractivity contribution in [3.8, 4) is 0 Å². The molecule has 0 bridgehead atoms. The summed E-state index contributed by atoms with van der Waals surface area (Å²) in [4.78, 5) is 3.64. The van der Waals surface area contributed by atoms with E-state index in [4.69, 9.17) is 0 Å². The number of hydrogen-bond acceptors (Lipinski definition) is 2. The van der Waals surface area contributed by atoms with Crippen LogP contribution in [0.25, 0.3) is 0 Å². The first-order valence-corrected chi connectivity index (χ1v) is 1.60. The summed E-state index contributed by atoms with van der Waals surface area (Å²) in [5.41, 5.74) is 0.676. The van der Waals surface area contributed by atoms with Crippen molar-refractivity contribution >= 4 is 0 Å². The fraction of sp³-hybridized carbons (Fsp3) is 0. The van der Waals surface area contributed by atoms with Crippen LogP contribution < -0.4 is 0 Å². The van der Waals surface area contributed by atoms with Crippen molar-refractivity contribution in [3.05, 3.63) is 25.3 Å². The Morgan fingerprint density at radius 3 is 2.83 bits per heavy atom. The van der Waals surface area contributed by atoms with Gasteiger partial charge in [0.15, 0.2) is 6.39 Å². The third-order valence-corrected chi connectivity index (χ3v) is 0.483. The molecule has 0 aliphatic carbocycles. The summed E-state index contributed by atoms with van der Waals surface area (Å²) in [6.07, 6.45) is 2.84. The summed E-state index contributed by atoms with van der Waals surface area (Å²) in [5.74, 6) is 0. The molecule has 1 heterocycles. The summed E-state index contributed by atoms with van der Waals surface area (Å²) in [5, 5.41) is 0. The molecule has 1 aromatic heterocycles. The second-order valence-electron chi connectivity index (χ2n) is 0.980. The maximum atomic E-state index is 4.54. The van der Waals surface area contributed by atoms with Gasteiger partial charge in [-0.3, -0.25) is 0 Å². The van der Waals surface area contributed by atoms with E-state index in [1.54, 1.807) is 0 Å². The second-order valence-corrected chi connectivity index (χ2v) is 0.980. The molecule has 0 aliphatic rings. The lowest BCUT2D eigenvalue weighted by Gasteiger charge is -1.61. The Morgan fingerprint density at radius 1 is 1.83 bits per heavy atom. The smallest absolute Gasteiger partial charge is 0.180 e. The van der Waals surface area contributed by atoms with Crippen LogP contribution in [0.2, 0.25) is 0 Å². The number of hydrogen-bond donors (Lipinski definition) is 0. The van der Waals surface area contributed by atoms with E-state index in [1.165, 1.54) is 12.7 Å². The second kappa shape index (κ2) is 1.12. The molecule has 0 aliphatic heterocycles. The van der Waals surface area contributed by atoms with Crippen LogP contribution >= 0.6 is 0 Å². The lowest BCUT2D eigenvalue weighted by atomic mass is 10.6. The van der Waals surface area contributed by atoms with Crippen molar-refractivity contribution in [2.75, 3.05) is 0 Å². The van der Waals surface area contributed by atoms with Crippen LogP contribution in [-0.2, 0) is 0 Å². The number of oxazole rings is 1. The molecule has 0 unspecified atom stereocenters. The van der Waals surface area contributed by atoms with Gasteiger partial charge >= 0.3 is 0 Å². The van der Waals surface area contributed by atoms with Crippen molar-refractivity contribution in [2.24, 2.45) is 0 Å². The van der Waals surface area contributed by atoms with E-state index in [-0.39, 0.29) is 0 Å². The molecule has 0 aromatic carbocycles. The van der Waals surface area contributed by atoms with E-state index in [0.29, 0.717) is 5.69 Å². The Kier molecular flexibility index (Phi) is 0.638. The molecular formula is C4H4NO. The quantitative estimate of drug-likeness (QED) is 0.464. The molecular weight excluding hydrogens is 78.1 g/mol. The number of nitrogens with zero attached hydrogens (tertiary/aromatic N) is 1. The lowest BCUT2D eigenvalue weighted by molar-refractivity contribution is 0.557. The van der Waals surface area contributed by atoms with Crippen molar-refractivity contribution in [3.63, 3.8) is 0 Å². The van der Waals surface area contributed by atoms with Gasteiger partial charge in [-0.15, -0.1) is 0 Å². The van der Waals surface area contributed by atoms with Gasteiger partial charge in [-0.25, -0.2) is 4.98 Å². The minimum absolute atomic E-state index is 0.676. The standard InChI is InChI=1S/C4H4NO/c1-4-2-6-3-5-4/h2-3H,1H2. The maximum Gasteiger partial charge on any atom is 0.180 e. The van der Waals surface area contributed by atoms with E-state index in [0.717, 1.165) is 0 Å². The van der Waals surface area contributed by atoms with Gasteiger partial charge in [0.1, 0.15) is 6.26 Å². The van der Waals surface area contributed by atoms with Gasteiger partial charge in [0, 0.05) is 0 Å². The average Bonchev–Trinajstić information content (AvgIpc) is 1.86. The van der Waals surface area contributed by atoms with Crippen LogP contribution in [0, 0.1) is 6.92 Å². The Morgan fingerprint density at radius 2 is 2.67 bits per heavy atom. The van der Waals surface area contributed by atoms with E-state index in [2.05, 4.69) is 16.3 Å². The van der Waals surface area contributed by atoms with Crippen LogP contribution in [0.3, 0.4) is 0 Å². The Balaban J connectivity index is 3.05. The van der Waals surface area contributed by atoms with Crippen LogP contribution in [0.5, 0.6) is 0 Å². The fourth-order valence-electron chi connectivity index (χ4n) is 0.238. The Hall–Kier alpha value is -0.790. The Bertz CT molecular complexity index is 111. The first-order chi connectivity index (χ1) is 2.89. The van der Waals surface area contributed by atoms with Crippen LogP contribution in [-0.4, -0.2) is 4.98 Å². The van der Waals surface area contributed by atoms with Crippen molar-refractivity contribution in [2.45, 2.75) is 0 Å². The van der Waals surface area contributed by atoms with Gasteiger partial charge in [0.05, 0.1) is 5.69 Å². The zero-order valence-corrected chi connectivity index (χ0v) is 3.22. The lowest BCUT2D eigenvalue weighted by Crippen LogP contribution is -1.59. The van der Waals surface area contributed by atoms with E-state index in [1.807, 2.05) is 0 Å². The van der Waals surface area contributed by atoms with Crippen molar-refractivity contribution in [1.82, 2.24) is 4.98 Å². The van der Waals surface area contributed by atoms with Gasteiger partial charge < -0.3 is 4.42 Å². The topological polar surface area (TPSA) is 26.0 Å². The predicted molar refractivity (Wildman–Crippen MR) is 21.0 cm³/mol. The van der Waals surface area contributed by atoms with Gasteiger partial charge in [-0.2, -0.15) is 0 Å². The number of rotatable bonds is 0. The van der Waals surface area contributed by atoms with Gasteiger partial charge in [0.2, 0.25) is 0 Å². The summed E-state index contributed by atoms with van der Waals surface area (Å²) < 4.78 is 4.54. The molecule has 2 heteroatoms. The molecule has 0 atom stereocenters. The van der Waals surface area contributed by atoms with E-state index < -0.39 is 0 Å². The van der Waals surface area contributed by atoms with Gasteiger partial charge in [-0.05, 0) is 6.92 Å². The summed E-state index contributed by atoms with van der Waals surface area (Å²) in [6, 6.07) is 0. The third kappa shape index (κ3) is 0.407. The maximum absolute atomic E-state index is 4.54. The zero-order valence-electron chi connectivity index (χ0n) is 3.22. The predicted octanol–water partition coefficient (Wildman–Crippen LogP) is 0.857. The molecule has 1 aromatic rings. The molecule has 0 saturated carbocycles. The first-order valence-electron chi connectivity index (χ1n) is 1.60. The normalized spacial score (nSPS) is 8.83. The molecule has 2 nitrogen and oxygen atoms in total. The number of aromatic nitrogens is 1. The van der Waals surface area contributed by atoms with Gasteiger partial charge in [-0.1, -0.05) is 0 Å². The zero-order chi connectivity index (χ0) is 4.41. The van der Waals surface area contributed by atoms with E-state index >= 15 is 0 Å². The molecule has 1 radical (unpaired) electrons. The highest BCUT2D eigenvalue weighted by Crippen LogP contribution is 1.86. The summed E-state index contributed by atoms with van der Waals surface area (Å²) in [6.45, 7) is 3.48. The molecule has 6 heavy (non-hydrogen) atoms. The highest BCUT2D eigenvalue weighted by molar-refractivity contribution is 4.93. The molecule has 1 rings (SSSR count). The van der Waals surface area contributed by atoms with Crippen LogP contribution in [0.1, 0.15) is 5.69 Å².